The maximum Gasteiger partial charge on any atom is 0.223 e. The molecule has 1 saturated carbocycles. The van der Waals surface area contributed by atoms with Crippen LogP contribution in [-0.4, -0.2) is 26.9 Å². The van der Waals surface area contributed by atoms with Crippen molar-refractivity contribution in [2.24, 2.45) is 11.1 Å². The van der Waals surface area contributed by atoms with Gasteiger partial charge in [0.1, 0.15) is 11.6 Å². The smallest absolute Gasteiger partial charge is 0.223 e. The third kappa shape index (κ3) is 3.46. The number of nitrogens with zero attached hydrogens (tertiary/aromatic N) is 3. The summed E-state index contributed by atoms with van der Waals surface area (Å²) in [7, 11) is 0. The van der Waals surface area contributed by atoms with Crippen LogP contribution in [0.4, 0.5) is 5.82 Å². The third-order valence-corrected chi connectivity index (χ3v) is 6.67. The molecule has 1 aliphatic rings. The number of nitrogens with one attached hydrogen (secondary N) is 1. The maximum atomic E-state index is 11.7. The van der Waals surface area contributed by atoms with E-state index in [0.29, 0.717) is 0 Å². The van der Waals surface area contributed by atoms with Gasteiger partial charge >= 0.3 is 0 Å². The molecule has 7 heteroatoms. The number of primary amides is 1. The minimum atomic E-state index is -0.391. The van der Waals surface area contributed by atoms with Crippen molar-refractivity contribution in [3.8, 4) is 10.4 Å². The summed E-state index contributed by atoms with van der Waals surface area (Å²) in [5.41, 5.74) is 10.3. The average molecular weight is 396 g/mol. The Balaban J connectivity index is 1.68. The van der Waals surface area contributed by atoms with Gasteiger partial charge in [-0.15, -0.1) is 11.3 Å². The number of anilines is 1. The van der Waals surface area contributed by atoms with Crippen LogP contribution in [0.25, 0.3) is 21.3 Å². The van der Waals surface area contributed by atoms with E-state index in [9.17, 15) is 4.79 Å². The molecular formula is C21H25N5OS. The Hall–Kier alpha value is -2.54. The van der Waals surface area contributed by atoms with Gasteiger partial charge in [0.25, 0.3) is 0 Å². The van der Waals surface area contributed by atoms with E-state index in [4.69, 9.17) is 10.7 Å². The summed E-state index contributed by atoms with van der Waals surface area (Å²) in [6.45, 7) is 5.98. The molecular weight excluding hydrogens is 370 g/mol. The molecule has 4 rings (SSSR count). The normalized spacial score (nSPS) is 22.3. The minimum absolute atomic E-state index is 0.195. The van der Waals surface area contributed by atoms with Crippen molar-refractivity contribution < 1.29 is 4.79 Å². The van der Waals surface area contributed by atoms with E-state index in [1.165, 1.54) is 0 Å². The monoisotopic (exact) mass is 395 g/mol. The molecule has 146 valence electrons. The minimum Gasteiger partial charge on any atom is -0.369 e. The van der Waals surface area contributed by atoms with E-state index in [-0.39, 0.29) is 11.9 Å². The van der Waals surface area contributed by atoms with Gasteiger partial charge in [0, 0.05) is 23.0 Å². The fraction of sp³-hybridized carbons (Fsp3) is 0.429. The molecule has 6 nitrogen and oxygen atoms in total. The molecule has 0 radical (unpaired) electrons. The van der Waals surface area contributed by atoms with Gasteiger partial charge in [0.05, 0.1) is 15.9 Å². The van der Waals surface area contributed by atoms with E-state index >= 15 is 0 Å². The van der Waals surface area contributed by atoms with Crippen LogP contribution in [-0.2, 0) is 4.79 Å². The molecule has 0 aliphatic heterocycles. The molecule has 0 saturated heterocycles. The van der Waals surface area contributed by atoms with E-state index in [1.54, 1.807) is 11.3 Å². The van der Waals surface area contributed by atoms with Crippen LogP contribution in [0.5, 0.6) is 0 Å². The first-order valence-electron chi connectivity index (χ1n) is 9.60. The Morgan fingerprint density at radius 3 is 2.64 bits per heavy atom. The summed E-state index contributed by atoms with van der Waals surface area (Å²) in [5.74, 6) is 1.42. The van der Waals surface area contributed by atoms with Gasteiger partial charge in [0.15, 0.2) is 0 Å². The van der Waals surface area contributed by atoms with Crippen molar-refractivity contribution in [1.29, 1.82) is 0 Å². The number of carbonyl (C=O) groups excluding carboxylic acids is 1. The molecule has 0 bridgehead atoms. The van der Waals surface area contributed by atoms with Crippen LogP contribution in [0.2, 0.25) is 0 Å². The lowest BCUT2D eigenvalue weighted by atomic mass is 9.73. The van der Waals surface area contributed by atoms with Gasteiger partial charge in [-0.1, -0.05) is 6.92 Å². The highest BCUT2D eigenvalue weighted by molar-refractivity contribution is 7.13. The number of aryl methyl sites for hydroxylation is 2. The zero-order valence-corrected chi connectivity index (χ0v) is 17.3. The number of fused-ring (bicyclic) bond motifs is 1. The van der Waals surface area contributed by atoms with Crippen LogP contribution in [0, 0.1) is 19.3 Å². The number of hydrogen-bond donors (Lipinski definition) is 2. The molecule has 0 spiro atoms. The predicted molar refractivity (Wildman–Crippen MR) is 113 cm³/mol. The van der Waals surface area contributed by atoms with Gasteiger partial charge in [0.2, 0.25) is 5.91 Å². The second-order valence-corrected chi connectivity index (χ2v) is 8.90. The van der Waals surface area contributed by atoms with Gasteiger partial charge in [-0.2, -0.15) is 0 Å². The first kappa shape index (κ1) is 18.8. The first-order valence-corrected chi connectivity index (χ1v) is 10.5. The fourth-order valence-corrected chi connectivity index (χ4v) is 4.58. The van der Waals surface area contributed by atoms with Crippen LogP contribution in [0.3, 0.4) is 0 Å². The van der Waals surface area contributed by atoms with Crippen molar-refractivity contribution >= 4 is 34.0 Å². The SMILES string of the molecule is Cc1nc(NC2CCC(C)(C(N)=O)CC2)c2cc(-c3cncs3)cc(C)c2n1. The summed E-state index contributed by atoms with van der Waals surface area (Å²) in [5, 5.41) is 4.65. The number of rotatable bonds is 4. The Kier molecular flexibility index (Phi) is 4.79. The predicted octanol–water partition coefficient (Wildman–Crippen LogP) is 4.22. The van der Waals surface area contributed by atoms with Crippen LogP contribution < -0.4 is 11.1 Å². The maximum absolute atomic E-state index is 11.7. The highest BCUT2D eigenvalue weighted by Crippen LogP contribution is 2.38. The number of thiazole rings is 1. The number of nitrogens with two attached hydrogens (primary N) is 1. The third-order valence-electron chi connectivity index (χ3n) is 5.84. The zero-order chi connectivity index (χ0) is 19.9. The Morgan fingerprint density at radius 1 is 1.25 bits per heavy atom. The summed E-state index contributed by atoms with van der Waals surface area (Å²) in [6.07, 6.45) is 5.29. The summed E-state index contributed by atoms with van der Waals surface area (Å²) in [4.78, 5) is 26.4. The molecule has 0 unspecified atom stereocenters. The van der Waals surface area contributed by atoms with Gasteiger partial charge in [-0.3, -0.25) is 9.78 Å². The van der Waals surface area contributed by atoms with Crippen molar-refractivity contribution in [2.45, 2.75) is 52.5 Å². The Bertz CT molecular complexity index is 1020. The first-order chi connectivity index (χ1) is 13.4. The number of hydrogen-bond acceptors (Lipinski definition) is 6. The topological polar surface area (TPSA) is 93.8 Å². The number of benzene rings is 1. The van der Waals surface area contributed by atoms with Crippen molar-refractivity contribution in [3.63, 3.8) is 0 Å². The van der Waals surface area contributed by atoms with Gasteiger partial charge in [-0.05, 0) is 62.8 Å². The summed E-state index contributed by atoms with van der Waals surface area (Å²) in [6, 6.07) is 4.58. The van der Waals surface area contributed by atoms with Gasteiger partial charge < -0.3 is 11.1 Å². The highest BCUT2D eigenvalue weighted by atomic mass is 32.1. The molecule has 2 aromatic heterocycles. The molecule has 1 aliphatic carbocycles. The molecule has 1 fully saturated rings. The average Bonchev–Trinajstić information content (AvgIpc) is 3.19. The second kappa shape index (κ2) is 7.13. The van der Waals surface area contributed by atoms with E-state index in [2.05, 4.69) is 34.3 Å². The molecule has 1 amide bonds. The van der Waals surface area contributed by atoms with E-state index in [1.807, 2.05) is 25.6 Å². The Morgan fingerprint density at radius 2 is 2.00 bits per heavy atom. The molecule has 1 aromatic carbocycles. The summed E-state index contributed by atoms with van der Waals surface area (Å²) >= 11 is 1.62. The Labute approximate surface area is 168 Å². The van der Waals surface area contributed by atoms with Gasteiger partial charge in [-0.25, -0.2) is 9.97 Å². The molecule has 28 heavy (non-hydrogen) atoms. The molecule has 0 atom stereocenters. The lowest BCUT2D eigenvalue weighted by molar-refractivity contribution is -0.128. The van der Waals surface area contributed by atoms with Crippen molar-refractivity contribution in [1.82, 2.24) is 15.0 Å². The van der Waals surface area contributed by atoms with Crippen LogP contribution in [0.1, 0.15) is 44.0 Å². The summed E-state index contributed by atoms with van der Waals surface area (Å²) < 4.78 is 0. The van der Waals surface area contributed by atoms with Crippen LogP contribution >= 0.6 is 11.3 Å². The second-order valence-electron chi connectivity index (χ2n) is 8.02. The van der Waals surface area contributed by atoms with E-state index < -0.39 is 5.41 Å². The van der Waals surface area contributed by atoms with Crippen molar-refractivity contribution in [3.05, 3.63) is 35.2 Å². The zero-order valence-electron chi connectivity index (χ0n) is 16.5. The number of carbonyl (C=O) groups is 1. The molecule has 3 aromatic rings. The largest absolute Gasteiger partial charge is 0.369 e. The van der Waals surface area contributed by atoms with Crippen LogP contribution in [0.15, 0.2) is 23.8 Å². The lowest BCUT2D eigenvalue weighted by Gasteiger charge is -2.35. The number of amides is 1. The standard InChI is InChI=1S/C21H25N5OS/c1-12-8-14(17-10-23-11-28-17)9-16-18(12)24-13(2)25-19(16)26-15-4-6-21(3,7-5-15)20(22)27/h8-11,15H,4-7H2,1-3H3,(H2,22,27)(H,24,25,26). The number of aromatic nitrogens is 3. The van der Waals surface area contributed by atoms with Crippen molar-refractivity contribution in [2.75, 3.05) is 5.32 Å². The lowest BCUT2D eigenvalue weighted by Crippen LogP contribution is -2.40. The van der Waals surface area contributed by atoms with E-state index in [0.717, 1.165) is 64.2 Å². The highest BCUT2D eigenvalue weighted by Gasteiger charge is 2.36. The molecule has 2 heterocycles. The molecule has 3 N–H and O–H groups in total. The fourth-order valence-electron chi connectivity index (χ4n) is 3.97. The quantitative estimate of drug-likeness (QED) is 0.690.